The number of carbonyl (C=O) groups excluding carboxylic acids is 3. The number of nitrogens with two attached hydrogens (primary N) is 1. The van der Waals surface area contributed by atoms with Crippen molar-refractivity contribution in [3.8, 4) is 0 Å². The molecule has 0 bridgehead atoms. The van der Waals surface area contributed by atoms with Crippen LogP contribution in [-0.4, -0.2) is 42.1 Å². The highest BCUT2D eigenvalue weighted by molar-refractivity contribution is 5.97. The van der Waals surface area contributed by atoms with Crippen LogP contribution in [0.1, 0.15) is 40.0 Å². The molecule has 194 valence electrons. The maximum atomic E-state index is 12.3. The minimum atomic E-state index is -1.01. The van der Waals surface area contributed by atoms with Gasteiger partial charge in [0.05, 0.1) is 6.54 Å². The highest BCUT2D eigenvalue weighted by Gasteiger charge is 2.19. The Hall–Kier alpha value is -4.05. The first kappa shape index (κ1) is 27.5. The predicted molar refractivity (Wildman–Crippen MR) is 142 cm³/mol. The average molecular weight is 504 g/mol. The van der Waals surface area contributed by atoms with Crippen molar-refractivity contribution in [3.05, 3.63) is 101 Å². The second kappa shape index (κ2) is 13.9. The number of aryl methyl sites for hydroxylation is 2. The van der Waals surface area contributed by atoms with E-state index in [1.54, 1.807) is 12.1 Å². The van der Waals surface area contributed by atoms with Crippen molar-refractivity contribution >= 4 is 23.4 Å². The summed E-state index contributed by atoms with van der Waals surface area (Å²) >= 11 is 0. The molecule has 9 nitrogen and oxygen atoms in total. The van der Waals surface area contributed by atoms with Gasteiger partial charge in [-0.1, -0.05) is 54.6 Å². The molecular formula is C28H33N5O4. The van der Waals surface area contributed by atoms with Gasteiger partial charge in [0.2, 0.25) is 5.91 Å². The summed E-state index contributed by atoms with van der Waals surface area (Å²) < 4.78 is 0. The number of amides is 3. The molecule has 7 N–H and O–H groups in total. The summed E-state index contributed by atoms with van der Waals surface area (Å²) in [6.45, 7) is 2.10. The number of hydroxylamine groups is 1. The first-order chi connectivity index (χ1) is 17.9. The van der Waals surface area contributed by atoms with Gasteiger partial charge in [0.15, 0.2) is 0 Å². The summed E-state index contributed by atoms with van der Waals surface area (Å²) in [5.41, 5.74) is 11.4. The van der Waals surface area contributed by atoms with E-state index in [9.17, 15) is 14.4 Å². The monoisotopic (exact) mass is 503 g/mol. The molecule has 0 fully saturated rings. The highest BCUT2D eigenvalue weighted by Crippen LogP contribution is 2.14. The molecule has 3 amide bonds. The van der Waals surface area contributed by atoms with Crippen LogP contribution in [0.3, 0.4) is 0 Å². The quantitative estimate of drug-likeness (QED) is 0.165. The summed E-state index contributed by atoms with van der Waals surface area (Å²) in [6, 6.07) is 23.9. The van der Waals surface area contributed by atoms with Gasteiger partial charge in [-0.2, -0.15) is 0 Å². The lowest BCUT2D eigenvalue weighted by molar-refractivity contribution is -0.130. The van der Waals surface area contributed by atoms with Crippen molar-refractivity contribution < 1.29 is 19.6 Å². The Balaban J connectivity index is 1.44. The lowest BCUT2D eigenvalue weighted by Crippen LogP contribution is -2.50. The molecule has 0 aliphatic rings. The van der Waals surface area contributed by atoms with E-state index in [0.29, 0.717) is 5.56 Å². The molecule has 0 saturated carbocycles. The van der Waals surface area contributed by atoms with Crippen molar-refractivity contribution in [1.82, 2.24) is 16.1 Å². The fraction of sp³-hybridized carbons (Fsp3) is 0.250. The summed E-state index contributed by atoms with van der Waals surface area (Å²) in [5.74, 6) is -1.32. The Kier molecular flexibility index (Phi) is 10.3. The van der Waals surface area contributed by atoms with Gasteiger partial charge in [-0.3, -0.25) is 19.6 Å². The molecule has 0 heterocycles. The second-order valence-corrected chi connectivity index (χ2v) is 8.69. The van der Waals surface area contributed by atoms with Crippen molar-refractivity contribution in [2.24, 2.45) is 5.73 Å². The van der Waals surface area contributed by atoms with E-state index < -0.39 is 17.9 Å². The summed E-state index contributed by atoms with van der Waals surface area (Å²) in [7, 11) is 0. The Morgan fingerprint density at radius 3 is 2.03 bits per heavy atom. The zero-order chi connectivity index (χ0) is 26.6. The van der Waals surface area contributed by atoms with Gasteiger partial charge in [0.25, 0.3) is 11.8 Å². The molecule has 3 rings (SSSR count). The maximum Gasteiger partial charge on any atom is 0.267 e. The number of rotatable bonds is 12. The number of benzene rings is 3. The van der Waals surface area contributed by atoms with Crippen molar-refractivity contribution in [3.63, 3.8) is 0 Å². The van der Waals surface area contributed by atoms with E-state index in [4.69, 9.17) is 10.9 Å². The number of anilines is 1. The van der Waals surface area contributed by atoms with Crippen LogP contribution in [0.2, 0.25) is 0 Å². The minimum Gasteiger partial charge on any atom is -0.339 e. The molecule has 0 radical (unpaired) electrons. The number of carbonyl (C=O) groups is 3. The molecule has 0 saturated heterocycles. The Labute approximate surface area is 216 Å². The normalized spacial score (nSPS) is 12.3. The van der Waals surface area contributed by atoms with E-state index in [1.807, 2.05) is 73.7 Å². The van der Waals surface area contributed by atoms with Crippen molar-refractivity contribution in [2.45, 2.75) is 31.8 Å². The first-order valence-corrected chi connectivity index (χ1v) is 12.1. The van der Waals surface area contributed by atoms with Crippen LogP contribution >= 0.6 is 0 Å². The lowest BCUT2D eigenvalue weighted by Gasteiger charge is -2.14. The standard InChI is InChI=1S/C28H33N5O4/c1-19(22-5-3-2-4-6-22)30-18-26(34)31-24-15-11-21(12-16-24)8-7-20-9-13-23(14-10-20)27(35)32-25(17-29)28(36)33-37/h2-6,9-16,19,25,30,37H,7-8,17-18,29H2,1H3,(H,31,34)(H,32,35)(H,33,36)/t19-,25-/m0/s1. The molecule has 0 unspecified atom stereocenters. The molecular weight excluding hydrogens is 470 g/mol. The lowest BCUT2D eigenvalue weighted by atomic mass is 10.0. The number of hydrogen-bond acceptors (Lipinski definition) is 6. The molecule has 0 spiro atoms. The third-order valence-corrected chi connectivity index (χ3v) is 5.99. The topological polar surface area (TPSA) is 146 Å². The summed E-state index contributed by atoms with van der Waals surface area (Å²) in [4.78, 5) is 36.1. The van der Waals surface area contributed by atoms with Gasteiger partial charge >= 0.3 is 0 Å². The molecule has 3 aromatic carbocycles. The fourth-order valence-corrected chi connectivity index (χ4v) is 3.73. The Morgan fingerprint density at radius 2 is 1.46 bits per heavy atom. The van der Waals surface area contributed by atoms with Gasteiger partial charge in [-0.25, -0.2) is 5.48 Å². The van der Waals surface area contributed by atoms with E-state index in [0.717, 1.165) is 35.2 Å². The van der Waals surface area contributed by atoms with Crippen molar-refractivity contribution in [2.75, 3.05) is 18.4 Å². The van der Waals surface area contributed by atoms with Gasteiger partial charge in [-0.15, -0.1) is 0 Å². The van der Waals surface area contributed by atoms with Crippen LogP contribution in [-0.2, 0) is 22.4 Å². The summed E-state index contributed by atoms with van der Waals surface area (Å²) in [5, 5.41) is 17.3. The zero-order valence-electron chi connectivity index (χ0n) is 20.7. The molecule has 9 heteroatoms. The molecule has 3 aromatic rings. The van der Waals surface area contributed by atoms with Gasteiger partial charge in [-0.05, 0) is 60.7 Å². The van der Waals surface area contributed by atoms with Crippen LogP contribution in [0.15, 0.2) is 78.9 Å². The van der Waals surface area contributed by atoms with Crippen LogP contribution in [0.25, 0.3) is 0 Å². The molecule has 2 atom stereocenters. The van der Waals surface area contributed by atoms with E-state index >= 15 is 0 Å². The average Bonchev–Trinajstić information content (AvgIpc) is 2.94. The van der Waals surface area contributed by atoms with Gasteiger partial charge in [0, 0.05) is 23.8 Å². The number of hydrogen-bond donors (Lipinski definition) is 6. The van der Waals surface area contributed by atoms with Gasteiger partial charge < -0.3 is 21.7 Å². The number of nitrogens with one attached hydrogen (secondary N) is 4. The minimum absolute atomic E-state index is 0.0772. The van der Waals surface area contributed by atoms with Crippen LogP contribution in [0.4, 0.5) is 5.69 Å². The summed E-state index contributed by atoms with van der Waals surface area (Å²) in [6.07, 6.45) is 1.56. The molecule has 37 heavy (non-hydrogen) atoms. The zero-order valence-corrected chi connectivity index (χ0v) is 20.7. The third-order valence-electron chi connectivity index (χ3n) is 5.99. The second-order valence-electron chi connectivity index (χ2n) is 8.69. The Bertz CT molecular complexity index is 1170. The molecule has 0 aliphatic heterocycles. The van der Waals surface area contributed by atoms with Gasteiger partial charge in [0.1, 0.15) is 6.04 Å². The maximum absolute atomic E-state index is 12.3. The van der Waals surface area contributed by atoms with E-state index in [-0.39, 0.29) is 25.0 Å². The first-order valence-electron chi connectivity index (χ1n) is 12.1. The van der Waals surface area contributed by atoms with Crippen LogP contribution in [0, 0.1) is 0 Å². The third kappa shape index (κ3) is 8.53. The van der Waals surface area contributed by atoms with Crippen LogP contribution < -0.4 is 27.2 Å². The van der Waals surface area contributed by atoms with E-state index in [2.05, 4.69) is 16.0 Å². The fourth-order valence-electron chi connectivity index (χ4n) is 3.73. The van der Waals surface area contributed by atoms with Crippen molar-refractivity contribution in [1.29, 1.82) is 0 Å². The molecule has 0 aromatic heterocycles. The largest absolute Gasteiger partial charge is 0.339 e. The predicted octanol–water partition coefficient (Wildman–Crippen LogP) is 2.32. The highest BCUT2D eigenvalue weighted by atomic mass is 16.5. The Morgan fingerprint density at radius 1 is 0.865 bits per heavy atom. The smallest absolute Gasteiger partial charge is 0.267 e. The van der Waals surface area contributed by atoms with Crippen LogP contribution in [0.5, 0.6) is 0 Å². The molecule has 0 aliphatic carbocycles. The SMILES string of the molecule is C[C@H](NCC(=O)Nc1ccc(CCc2ccc(C(=O)N[C@@H](CN)C(=O)NO)cc2)cc1)c1ccccc1. The van der Waals surface area contributed by atoms with E-state index in [1.165, 1.54) is 5.48 Å².